The summed E-state index contributed by atoms with van der Waals surface area (Å²) in [7, 11) is 0. The van der Waals surface area contributed by atoms with Gasteiger partial charge in [0.2, 0.25) is 5.91 Å². The molecule has 0 aliphatic carbocycles. The van der Waals surface area contributed by atoms with Gasteiger partial charge in [-0.15, -0.1) is 0 Å². The number of hydrogen-bond donors (Lipinski definition) is 1. The molecule has 0 aromatic heterocycles. The third-order valence-corrected chi connectivity index (χ3v) is 4.98. The lowest BCUT2D eigenvalue weighted by Crippen LogP contribution is -2.48. The molecule has 1 amide bonds. The van der Waals surface area contributed by atoms with E-state index < -0.39 is 0 Å². The van der Waals surface area contributed by atoms with Gasteiger partial charge < -0.3 is 9.64 Å². The molecule has 0 saturated carbocycles. The zero-order chi connectivity index (χ0) is 14.3. The second kappa shape index (κ2) is 5.64. The van der Waals surface area contributed by atoms with Crippen LogP contribution in [0.1, 0.15) is 59.3 Å². The van der Waals surface area contributed by atoms with E-state index in [9.17, 15) is 4.79 Å². The van der Waals surface area contributed by atoms with Crippen LogP contribution in [-0.2, 0) is 9.53 Å². The van der Waals surface area contributed by atoms with Crippen LogP contribution < -0.4 is 5.32 Å². The van der Waals surface area contributed by atoms with Gasteiger partial charge in [-0.05, 0) is 38.0 Å². The number of ether oxygens (including phenoxy) is 1. The molecule has 0 aromatic carbocycles. The zero-order valence-corrected chi connectivity index (χ0v) is 13.0. The Hall–Kier alpha value is -0.610. The van der Waals surface area contributed by atoms with Gasteiger partial charge in [0.15, 0.2) is 0 Å². The fourth-order valence-corrected chi connectivity index (χ4v) is 4.15. The number of carbonyl (C=O) groups is 1. The highest BCUT2D eigenvalue weighted by molar-refractivity contribution is 5.84. The molecule has 5 atom stereocenters. The molecule has 5 unspecified atom stereocenters. The van der Waals surface area contributed by atoms with Crippen LogP contribution in [0, 0.1) is 5.92 Å². The lowest BCUT2D eigenvalue weighted by Gasteiger charge is -2.33. The van der Waals surface area contributed by atoms with Gasteiger partial charge in [0.1, 0.15) is 0 Å². The molecular weight excluding hydrogens is 252 g/mol. The van der Waals surface area contributed by atoms with Crippen molar-refractivity contribution < 1.29 is 9.53 Å². The predicted octanol–water partition coefficient (Wildman–Crippen LogP) is 2.28. The smallest absolute Gasteiger partial charge is 0.241 e. The number of nitrogens with zero attached hydrogens (tertiary/aromatic N) is 1. The van der Waals surface area contributed by atoms with Crippen LogP contribution in [0.4, 0.5) is 0 Å². The molecule has 1 N–H and O–H groups in total. The van der Waals surface area contributed by atoms with Crippen LogP contribution >= 0.6 is 0 Å². The van der Waals surface area contributed by atoms with Crippen molar-refractivity contribution >= 4 is 5.91 Å². The summed E-state index contributed by atoms with van der Waals surface area (Å²) in [5, 5.41) is 3.58. The molecule has 3 rings (SSSR count). The largest absolute Gasteiger partial charge is 0.373 e. The summed E-state index contributed by atoms with van der Waals surface area (Å²) in [6.45, 7) is 6.57. The second-order valence-corrected chi connectivity index (χ2v) is 7.08. The molecule has 4 nitrogen and oxygen atoms in total. The van der Waals surface area contributed by atoms with Crippen LogP contribution in [0.2, 0.25) is 0 Å². The van der Waals surface area contributed by atoms with E-state index in [-0.39, 0.29) is 12.2 Å². The molecule has 3 heterocycles. The Kier molecular flexibility index (Phi) is 4.04. The third kappa shape index (κ3) is 2.48. The van der Waals surface area contributed by atoms with E-state index in [1.807, 2.05) is 0 Å². The van der Waals surface area contributed by atoms with Crippen LogP contribution in [0.25, 0.3) is 0 Å². The number of nitrogens with one attached hydrogen (secondary N) is 1. The molecule has 0 radical (unpaired) electrons. The monoisotopic (exact) mass is 280 g/mol. The van der Waals surface area contributed by atoms with Gasteiger partial charge in [-0.1, -0.05) is 27.2 Å². The summed E-state index contributed by atoms with van der Waals surface area (Å²) >= 11 is 0. The maximum Gasteiger partial charge on any atom is 0.241 e. The van der Waals surface area contributed by atoms with Gasteiger partial charge >= 0.3 is 0 Å². The Morgan fingerprint density at radius 1 is 1.40 bits per heavy atom. The summed E-state index contributed by atoms with van der Waals surface area (Å²) in [4.78, 5) is 15.0. The fourth-order valence-electron chi connectivity index (χ4n) is 4.15. The number of hydrogen-bond acceptors (Lipinski definition) is 3. The number of fused-ring (bicyclic) bond motifs is 2. The van der Waals surface area contributed by atoms with Crippen molar-refractivity contribution in [1.82, 2.24) is 10.2 Å². The maximum absolute atomic E-state index is 12.8. The Morgan fingerprint density at radius 3 is 2.75 bits per heavy atom. The van der Waals surface area contributed by atoms with Gasteiger partial charge in [-0.2, -0.15) is 0 Å². The normalized spacial score (nSPS) is 40.3. The first-order valence-electron chi connectivity index (χ1n) is 8.33. The van der Waals surface area contributed by atoms with Crippen molar-refractivity contribution in [3.8, 4) is 0 Å². The fraction of sp³-hybridized carbons (Fsp3) is 0.938. The lowest BCUT2D eigenvalue weighted by atomic mass is 9.93. The molecule has 3 aliphatic heterocycles. The average Bonchev–Trinajstić information content (AvgIpc) is 3.05. The Morgan fingerprint density at radius 2 is 2.20 bits per heavy atom. The predicted molar refractivity (Wildman–Crippen MR) is 78.2 cm³/mol. The third-order valence-electron chi connectivity index (χ3n) is 4.98. The highest BCUT2D eigenvalue weighted by Crippen LogP contribution is 2.39. The minimum atomic E-state index is 0.0191. The maximum atomic E-state index is 12.8. The van der Waals surface area contributed by atoms with E-state index in [2.05, 4.69) is 31.0 Å². The Bertz CT molecular complexity index is 371. The molecular formula is C16H28N2O2. The molecule has 2 bridgehead atoms. The van der Waals surface area contributed by atoms with Crippen molar-refractivity contribution in [2.24, 2.45) is 5.92 Å². The van der Waals surface area contributed by atoms with E-state index in [0.29, 0.717) is 30.1 Å². The summed E-state index contributed by atoms with van der Waals surface area (Å²) in [5.41, 5.74) is 0. The molecule has 114 valence electrons. The zero-order valence-electron chi connectivity index (χ0n) is 13.0. The van der Waals surface area contributed by atoms with E-state index in [1.165, 1.54) is 6.42 Å². The van der Waals surface area contributed by atoms with Gasteiger partial charge in [-0.25, -0.2) is 0 Å². The quantitative estimate of drug-likeness (QED) is 0.840. The van der Waals surface area contributed by atoms with Gasteiger partial charge in [-0.3, -0.25) is 10.1 Å². The van der Waals surface area contributed by atoms with Crippen LogP contribution in [0.15, 0.2) is 0 Å². The standard InChI is InChI=1S/C16H28N2O2/c1-4-5-15-17-12(8-10(2)3)16(19)18(15)13-9-11-6-7-14(13)20-11/h10-15,17H,4-9H2,1-3H3. The van der Waals surface area contributed by atoms with Crippen LogP contribution in [0.5, 0.6) is 0 Å². The summed E-state index contributed by atoms with van der Waals surface area (Å²) in [6.07, 6.45) is 7.39. The highest BCUT2D eigenvalue weighted by Gasteiger charge is 2.50. The van der Waals surface area contributed by atoms with Gasteiger partial charge in [0.25, 0.3) is 0 Å². The first-order valence-corrected chi connectivity index (χ1v) is 8.33. The van der Waals surface area contributed by atoms with Gasteiger partial charge in [0.05, 0.1) is 30.5 Å². The first-order chi connectivity index (χ1) is 9.60. The van der Waals surface area contributed by atoms with E-state index in [1.54, 1.807) is 0 Å². The minimum Gasteiger partial charge on any atom is -0.373 e. The second-order valence-electron chi connectivity index (χ2n) is 7.08. The average molecular weight is 280 g/mol. The van der Waals surface area contributed by atoms with Crippen molar-refractivity contribution in [3.05, 3.63) is 0 Å². The van der Waals surface area contributed by atoms with Crippen molar-refractivity contribution in [3.63, 3.8) is 0 Å². The summed E-state index contributed by atoms with van der Waals surface area (Å²) in [6, 6.07) is 0.341. The van der Waals surface area contributed by atoms with E-state index in [0.717, 1.165) is 32.1 Å². The molecule has 20 heavy (non-hydrogen) atoms. The minimum absolute atomic E-state index is 0.0191. The number of amides is 1. The Labute approximate surface area is 122 Å². The van der Waals surface area contributed by atoms with E-state index >= 15 is 0 Å². The first kappa shape index (κ1) is 14.3. The molecule has 3 saturated heterocycles. The SMILES string of the molecule is CCCC1NC(CC(C)C)C(=O)N1C1CC2CCC1O2. The lowest BCUT2D eigenvalue weighted by molar-refractivity contribution is -0.133. The topological polar surface area (TPSA) is 41.6 Å². The molecule has 3 aliphatic rings. The molecule has 0 spiro atoms. The van der Waals surface area contributed by atoms with Gasteiger partial charge in [0, 0.05) is 0 Å². The van der Waals surface area contributed by atoms with Crippen molar-refractivity contribution in [2.45, 2.75) is 89.8 Å². The number of carbonyl (C=O) groups excluding carboxylic acids is 1. The molecule has 4 heteroatoms. The van der Waals surface area contributed by atoms with E-state index in [4.69, 9.17) is 4.74 Å². The highest BCUT2D eigenvalue weighted by atomic mass is 16.5. The van der Waals surface area contributed by atoms with Crippen molar-refractivity contribution in [1.29, 1.82) is 0 Å². The molecule has 3 fully saturated rings. The summed E-state index contributed by atoms with van der Waals surface area (Å²) < 4.78 is 5.97. The van der Waals surface area contributed by atoms with Crippen LogP contribution in [0.3, 0.4) is 0 Å². The Balaban J connectivity index is 1.74. The summed E-state index contributed by atoms with van der Waals surface area (Å²) in [5.74, 6) is 0.869. The number of rotatable bonds is 5. The molecule has 0 aromatic rings. The van der Waals surface area contributed by atoms with Crippen LogP contribution in [-0.4, -0.2) is 41.3 Å². The van der Waals surface area contributed by atoms with Crippen molar-refractivity contribution in [2.75, 3.05) is 0 Å².